The first kappa shape index (κ1) is 8.83. The quantitative estimate of drug-likeness (QED) is 0.757. The maximum absolute atomic E-state index is 10.1. The molecule has 0 bridgehead atoms. The minimum Gasteiger partial charge on any atom is -0.377 e. The number of nitrogens with zero attached hydrogens (tertiary/aromatic N) is 3. The summed E-state index contributed by atoms with van der Waals surface area (Å²) in [6, 6.07) is 3.42. The standard InChI is InChI=1S/C9H9N3O2/c1-9(13,8-6-11-12-14-8)7-2-4-10-5-3-7/h2-6,13H,1H3. The Bertz CT molecular complexity index is 397. The molecule has 1 unspecified atom stereocenters. The molecule has 0 amide bonds. The van der Waals surface area contributed by atoms with Gasteiger partial charge in [0.1, 0.15) is 5.60 Å². The third-order valence-electron chi connectivity index (χ3n) is 2.08. The van der Waals surface area contributed by atoms with Crippen molar-refractivity contribution in [2.75, 3.05) is 0 Å². The fraction of sp³-hybridized carbons (Fsp3) is 0.222. The lowest BCUT2D eigenvalue weighted by Crippen LogP contribution is -2.21. The molecule has 2 rings (SSSR count). The van der Waals surface area contributed by atoms with Crippen LogP contribution in [0.1, 0.15) is 18.2 Å². The van der Waals surface area contributed by atoms with Crippen LogP contribution < -0.4 is 0 Å². The maximum atomic E-state index is 10.1. The van der Waals surface area contributed by atoms with Gasteiger partial charge >= 0.3 is 0 Å². The number of hydrogen-bond acceptors (Lipinski definition) is 5. The number of aromatic nitrogens is 3. The monoisotopic (exact) mass is 191 g/mol. The first-order valence-electron chi connectivity index (χ1n) is 4.12. The van der Waals surface area contributed by atoms with E-state index in [1.165, 1.54) is 6.20 Å². The zero-order valence-electron chi connectivity index (χ0n) is 7.58. The molecule has 72 valence electrons. The van der Waals surface area contributed by atoms with Crippen molar-refractivity contribution in [3.63, 3.8) is 0 Å². The Morgan fingerprint density at radius 2 is 2.07 bits per heavy atom. The van der Waals surface area contributed by atoms with Crippen LogP contribution >= 0.6 is 0 Å². The Labute approximate surface area is 80.4 Å². The molecule has 14 heavy (non-hydrogen) atoms. The largest absolute Gasteiger partial charge is 0.377 e. The van der Waals surface area contributed by atoms with Crippen molar-refractivity contribution in [3.05, 3.63) is 42.0 Å². The van der Waals surface area contributed by atoms with Gasteiger partial charge in [-0.2, -0.15) is 0 Å². The molecule has 0 aliphatic heterocycles. The molecular formula is C9H9N3O2. The molecule has 5 heteroatoms. The van der Waals surface area contributed by atoms with Gasteiger partial charge in [0.2, 0.25) is 0 Å². The van der Waals surface area contributed by atoms with E-state index in [0.717, 1.165) is 0 Å². The number of rotatable bonds is 2. The molecule has 1 atom stereocenters. The highest BCUT2D eigenvalue weighted by atomic mass is 16.5. The Hall–Kier alpha value is -1.75. The number of hydrogen-bond donors (Lipinski definition) is 1. The van der Waals surface area contributed by atoms with Crippen molar-refractivity contribution >= 4 is 0 Å². The van der Waals surface area contributed by atoms with E-state index in [9.17, 15) is 5.11 Å². The average molecular weight is 191 g/mol. The van der Waals surface area contributed by atoms with Gasteiger partial charge in [0.15, 0.2) is 5.76 Å². The fourth-order valence-electron chi connectivity index (χ4n) is 1.20. The van der Waals surface area contributed by atoms with Crippen LogP contribution in [0.2, 0.25) is 0 Å². The Morgan fingerprint density at radius 3 is 2.64 bits per heavy atom. The van der Waals surface area contributed by atoms with E-state index >= 15 is 0 Å². The van der Waals surface area contributed by atoms with Crippen LogP contribution in [0.5, 0.6) is 0 Å². The Kier molecular flexibility index (Phi) is 2.01. The van der Waals surface area contributed by atoms with Gasteiger partial charge in [-0.1, -0.05) is 0 Å². The number of pyridine rings is 1. The molecule has 0 radical (unpaired) electrons. The molecule has 0 aliphatic rings. The van der Waals surface area contributed by atoms with E-state index in [4.69, 9.17) is 4.52 Å². The molecule has 2 aromatic heterocycles. The highest BCUT2D eigenvalue weighted by molar-refractivity contribution is 5.26. The first-order chi connectivity index (χ1) is 6.71. The van der Waals surface area contributed by atoms with Gasteiger partial charge in [-0.3, -0.25) is 4.98 Å². The van der Waals surface area contributed by atoms with Gasteiger partial charge in [0.25, 0.3) is 0 Å². The maximum Gasteiger partial charge on any atom is 0.192 e. The van der Waals surface area contributed by atoms with Crippen molar-refractivity contribution < 1.29 is 9.63 Å². The molecule has 1 N–H and O–H groups in total. The van der Waals surface area contributed by atoms with E-state index < -0.39 is 5.60 Å². The molecule has 5 nitrogen and oxygen atoms in total. The van der Waals surface area contributed by atoms with Gasteiger partial charge in [-0.25, -0.2) is 0 Å². The van der Waals surface area contributed by atoms with Crippen LogP contribution in [-0.2, 0) is 5.60 Å². The van der Waals surface area contributed by atoms with E-state index in [-0.39, 0.29) is 0 Å². The molecule has 0 saturated carbocycles. The van der Waals surface area contributed by atoms with E-state index in [1.807, 2.05) is 0 Å². The van der Waals surface area contributed by atoms with Crippen LogP contribution in [0.15, 0.2) is 35.2 Å². The predicted molar refractivity (Wildman–Crippen MR) is 47.2 cm³/mol. The molecule has 0 spiro atoms. The average Bonchev–Trinajstić information content (AvgIpc) is 2.72. The molecular weight excluding hydrogens is 182 g/mol. The SMILES string of the molecule is CC(O)(c1ccncc1)c1cnno1. The summed E-state index contributed by atoms with van der Waals surface area (Å²) in [6.45, 7) is 1.62. The van der Waals surface area contributed by atoms with Crippen molar-refractivity contribution in [2.45, 2.75) is 12.5 Å². The summed E-state index contributed by atoms with van der Waals surface area (Å²) >= 11 is 0. The Balaban J connectivity index is 2.43. The second kappa shape index (κ2) is 3.19. The summed E-state index contributed by atoms with van der Waals surface area (Å²) in [4.78, 5) is 3.87. The lowest BCUT2D eigenvalue weighted by atomic mass is 9.95. The molecule has 0 fully saturated rings. The van der Waals surface area contributed by atoms with Crippen LogP contribution in [-0.4, -0.2) is 20.5 Å². The van der Waals surface area contributed by atoms with Crippen LogP contribution in [0.4, 0.5) is 0 Å². The molecule has 0 saturated heterocycles. The third-order valence-corrected chi connectivity index (χ3v) is 2.08. The predicted octanol–water partition coefficient (Wildman–Crippen LogP) is 0.720. The molecule has 0 aliphatic carbocycles. The lowest BCUT2D eigenvalue weighted by molar-refractivity contribution is 0.0689. The lowest BCUT2D eigenvalue weighted by Gasteiger charge is -2.19. The summed E-state index contributed by atoms with van der Waals surface area (Å²) in [7, 11) is 0. The van der Waals surface area contributed by atoms with Gasteiger partial charge in [-0.15, -0.1) is 5.10 Å². The highest BCUT2D eigenvalue weighted by Gasteiger charge is 2.29. The topological polar surface area (TPSA) is 72.0 Å². The van der Waals surface area contributed by atoms with Crippen molar-refractivity contribution in [3.8, 4) is 0 Å². The summed E-state index contributed by atoms with van der Waals surface area (Å²) in [5.41, 5.74) is -0.530. The zero-order chi connectivity index (χ0) is 10.0. The smallest absolute Gasteiger partial charge is 0.192 e. The second-order valence-corrected chi connectivity index (χ2v) is 3.09. The molecule has 2 aromatic rings. The van der Waals surface area contributed by atoms with Crippen LogP contribution in [0.25, 0.3) is 0 Å². The van der Waals surface area contributed by atoms with Crippen molar-refractivity contribution in [2.24, 2.45) is 0 Å². The first-order valence-corrected chi connectivity index (χ1v) is 4.12. The van der Waals surface area contributed by atoms with E-state index in [0.29, 0.717) is 11.3 Å². The van der Waals surface area contributed by atoms with Crippen molar-refractivity contribution in [1.29, 1.82) is 0 Å². The zero-order valence-corrected chi connectivity index (χ0v) is 7.58. The second-order valence-electron chi connectivity index (χ2n) is 3.09. The third kappa shape index (κ3) is 1.38. The highest BCUT2D eigenvalue weighted by Crippen LogP contribution is 2.27. The molecule has 2 heterocycles. The van der Waals surface area contributed by atoms with Crippen molar-refractivity contribution in [1.82, 2.24) is 15.4 Å². The van der Waals surface area contributed by atoms with E-state index in [2.05, 4.69) is 15.4 Å². The van der Waals surface area contributed by atoms with Crippen LogP contribution in [0, 0.1) is 0 Å². The fourth-order valence-corrected chi connectivity index (χ4v) is 1.20. The summed E-state index contributed by atoms with van der Waals surface area (Å²) in [6.07, 6.45) is 4.60. The summed E-state index contributed by atoms with van der Waals surface area (Å²) < 4.78 is 4.82. The minimum atomic E-state index is -1.22. The number of aliphatic hydroxyl groups is 1. The summed E-state index contributed by atoms with van der Waals surface area (Å²) in [5, 5.41) is 17.0. The minimum absolute atomic E-state index is 0.309. The van der Waals surface area contributed by atoms with Gasteiger partial charge in [0.05, 0.1) is 6.20 Å². The van der Waals surface area contributed by atoms with Gasteiger partial charge < -0.3 is 9.63 Å². The van der Waals surface area contributed by atoms with Crippen LogP contribution in [0.3, 0.4) is 0 Å². The van der Waals surface area contributed by atoms with E-state index in [1.54, 1.807) is 31.5 Å². The van der Waals surface area contributed by atoms with Gasteiger partial charge in [-0.05, 0) is 24.6 Å². The normalized spacial score (nSPS) is 15.0. The molecule has 0 aromatic carbocycles. The summed E-state index contributed by atoms with van der Waals surface area (Å²) in [5.74, 6) is 0.309. The van der Waals surface area contributed by atoms with Gasteiger partial charge in [0, 0.05) is 17.7 Å². The Morgan fingerprint density at radius 1 is 1.36 bits per heavy atom.